The molecule has 0 spiro atoms. The van der Waals surface area contributed by atoms with Crippen LogP contribution in [0.1, 0.15) is 45.6 Å². The van der Waals surface area contributed by atoms with E-state index in [-0.39, 0.29) is 11.9 Å². The van der Waals surface area contributed by atoms with Gasteiger partial charge in [-0.1, -0.05) is 63.9 Å². The molecule has 0 saturated heterocycles. The molecule has 0 bridgehead atoms. The average molecular weight is 454 g/mol. The van der Waals surface area contributed by atoms with Gasteiger partial charge < -0.3 is 9.84 Å². The molecule has 2 aromatic carbocycles. The van der Waals surface area contributed by atoms with E-state index in [2.05, 4.69) is 25.7 Å². The van der Waals surface area contributed by atoms with Crippen molar-refractivity contribution in [2.75, 3.05) is 13.1 Å². The number of rotatable bonds is 12. The second-order valence-electron chi connectivity index (χ2n) is 9.06. The Morgan fingerprint density at radius 1 is 1.06 bits per heavy atom. The first-order valence-electron chi connectivity index (χ1n) is 11.8. The van der Waals surface area contributed by atoms with E-state index in [0.29, 0.717) is 30.6 Å². The predicted molar refractivity (Wildman–Crippen MR) is 131 cm³/mol. The fourth-order valence-corrected chi connectivity index (χ4v) is 4.04. The predicted octanol–water partition coefficient (Wildman–Crippen LogP) is 6.03. The van der Waals surface area contributed by atoms with Gasteiger partial charge in [-0.3, -0.25) is 4.90 Å². The number of ether oxygens (including phenoxy) is 1. The van der Waals surface area contributed by atoms with Gasteiger partial charge in [0.15, 0.2) is 0 Å². The van der Waals surface area contributed by atoms with Crippen molar-refractivity contribution >= 4 is 0 Å². The Morgan fingerprint density at radius 2 is 1.76 bits per heavy atom. The van der Waals surface area contributed by atoms with Gasteiger partial charge in [0.05, 0.1) is 11.7 Å². The Labute approximate surface area is 196 Å². The molecule has 1 N–H and O–H groups in total. The first kappa shape index (κ1) is 24.9. The van der Waals surface area contributed by atoms with Crippen LogP contribution in [-0.4, -0.2) is 39.0 Å². The first-order valence-corrected chi connectivity index (χ1v) is 11.8. The van der Waals surface area contributed by atoms with E-state index >= 15 is 0 Å². The van der Waals surface area contributed by atoms with Crippen LogP contribution in [-0.2, 0) is 13.6 Å². The number of aliphatic hydroxyl groups is 1. The lowest BCUT2D eigenvalue weighted by atomic mass is 10.1. The molecule has 1 atom stereocenters. The lowest BCUT2D eigenvalue weighted by Crippen LogP contribution is -2.35. The maximum atomic E-state index is 13.4. The molecule has 0 aliphatic carbocycles. The monoisotopic (exact) mass is 453 g/mol. The fraction of sp³-hybridized carbons (Fsp3) is 0.444. The molecule has 6 heteroatoms. The highest BCUT2D eigenvalue weighted by atomic mass is 19.1. The van der Waals surface area contributed by atoms with E-state index in [0.717, 1.165) is 42.6 Å². The van der Waals surface area contributed by atoms with Crippen LogP contribution in [0, 0.1) is 11.7 Å². The molecule has 0 saturated carbocycles. The van der Waals surface area contributed by atoms with E-state index in [1.54, 1.807) is 16.8 Å². The molecule has 33 heavy (non-hydrogen) atoms. The van der Waals surface area contributed by atoms with Crippen LogP contribution in [0.3, 0.4) is 0 Å². The Balaban J connectivity index is 1.97. The summed E-state index contributed by atoms with van der Waals surface area (Å²) in [7, 11) is 1.86. The zero-order chi connectivity index (χ0) is 23.8. The first-order chi connectivity index (χ1) is 15.9. The smallest absolute Gasteiger partial charge is 0.222 e. The Bertz CT molecular complexity index is 987. The number of hydrogen-bond acceptors (Lipinski definition) is 4. The summed E-state index contributed by atoms with van der Waals surface area (Å²) in [5.74, 6) is 1.32. The molecular formula is C27H36FN3O2. The molecule has 0 fully saturated rings. The standard InChI is InChI=1S/C27H36FN3O2/c1-5-6-12-23(32)18-31(17-20(2)3)19-25-26(21-10-8-7-9-11-21)29-30(4)27(25)33-24-15-13-22(28)14-16-24/h7-11,13-16,20,23,32H,5-6,12,17-19H2,1-4H3. The molecule has 1 aromatic heterocycles. The van der Waals surface area contributed by atoms with E-state index in [4.69, 9.17) is 9.84 Å². The molecule has 5 nitrogen and oxygen atoms in total. The van der Waals surface area contributed by atoms with Gasteiger partial charge in [-0.15, -0.1) is 0 Å². The molecular weight excluding hydrogens is 417 g/mol. The van der Waals surface area contributed by atoms with Gasteiger partial charge in [0.1, 0.15) is 17.3 Å². The van der Waals surface area contributed by atoms with Crippen LogP contribution in [0.4, 0.5) is 4.39 Å². The van der Waals surface area contributed by atoms with Crippen molar-refractivity contribution in [1.29, 1.82) is 0 Å². The van der Waals surface area contributed by atoms with E-state index in [1.165, 1.54) is 12.1 Å². The summed E-state index contributed by atoms with van der Waals surface area (Å²) >= 11 is 0. The minimum absolute atomic E-state index is 0.304. The third-order valence-electron chi connectivity index (χ3n) is 5.53. The minimum atomic E-state index is -0.373. The number of halogens is 1. The summed E-state index contributed by atoms with van der Waals surface area (Å²) in [4.78, 5) is 2.28. The number of benzene rings is 2. The summed E-state index contributed by atoms with van der Waals surface area (Å²) in [6, 6.07) is 16.1. The topological polar surface area (TPSA) is 50.5 Å². The maximum Gasteiger partial charge on any atom is 0.222 e. The highest BCUT2D eigenvalue weighted by Crippen LogP contribution is 2.34. The normalized spacial score (nSPS) is 12.5. The molecule has 178 valence electrons. The van der Waals surface area contributed by atoms with Crippen molar-refractivity contribution in [2.45, 2.75) is 52.7 Å². The zero-order valence-electron chi connectivity index (χ0n) is 20.2. The number of aromatic nitrogens is 2. The van der Waals surface area contributed by atoms with Gasteiger partial charge in [-0.2, -0.15) is 5.10 Å². The third-order valence-corrected chi connectivity index (χ3v) is 5.53. The maximum absolute atomic E-state index is 13.4. The lowest BCUT2D eigenvalue weighted by molar-refractivity contribution is 0.0929. The summed E-state index contributed by atoms with van der Waals surface area (Å²) < 4.78 is 21.4. The second kappa shape index (κ2) is 12.0. The lowest BCUT2D eigenvalue weighted by Gasteiger charge is -2.27. The summed E-state index contributed by atoms with van der Waals surface area (Å²) in [5, 5.41) is 15.4. The summed E-state index contributed by atoms with van der Waals surface area (Å²) in [6.45, 7) is 8.54. The van der Waals surface area contributed by atoms with Crippen molar-refractivity contribution in [1.82, 2.24) is 14.7 Å². The van der Waals surface area contributed by atoms with Gasteiger partial charge in [-0.25, -0.2) is 9.07 Å². The quantitative estimate of drug-likeness (QED) is 0.364. The zero-order valence-corrected chi connectivity index (χ0v) is 20.2. The molecule has 1 heterocycles. The number of unbranched alkanes of at least 4 members (excludes halogenated alkanes) is 1. The largest absolute Gasteiger partial charge is 0.439 e. The molecule has 1 unspecified atom stereocenters. The Kier molecular flexibility index (Phi) is 9.03. The van der Waals surface area contributed by atoms with Gasteiger partial charge >= 0.3 is 0 Å². The van der Waals surface area contributed by atoms with E-state index < -0.39 is 0 Å². The van der Waals surface area contributed by atoms with Crippen LogP contribution in [0.15, 0.2) is 54.6 Å². The van der Waals surface area contributed by atoms with Crippen molar-refractivity contribution in [3.63, 3.8) is 0 Å². The van der Waals surface area contributed by atoms with Crippen LogP contribution >= 0.6 is 0 Å². The van der Waals surface area contributed by atoms with E-state index in [9.17, 15) is 9.50 Å². The van der Waals surface area contributed by atoms with Crippen molar-refractivity contribution in [3.8, 4) is 22.9 Å². The van der Waals surface area contributed by atoms with Crippen molar-refractivity contribution in [2.24, 2.45) is 13.0 Å². The van der Waals surface area contributed by atoms with E-state index in [1.807, 2.05) is 37.4 Å². The highest BCUT2D eigenvalue weighted by molar-refractivity contribution is 5.65. The number of aliphatic hydroxyl groups excluding tert-OH is 1. The van der Waals surface area contributed by atoms with Crippen molar-refractivity contribution in [3.05, 3.63) is 66.0 Å². The molecule has 0 radical (unpaired) electrons. The average Bonchev–Trinajstić information content (AvgIpc) is 3.09. The number of nitrogens with zero attached hydrogens (tertiary/aromatic N) is 3. The summed E-state index contributed by atoms with van der Waals surface area (Å²) in [5.41, 5.74) is 2.82. The van der Waals surface area contributed by atoms with Crippen molar-refractivity contribution < 1.29 is 14.2 Å². The van der Waals surface area contributed by atoms with Crippen LogP contribution in [0.5, 0.6) is 11.6 Å². The minimum Gasteiger partial charge on any atom is -0.439 e. The van der Waals surface area contributed by atoms with Gasteiger partial charge in [0, 0.05) is 32.2 Å². The SMILES string of the molecule is CCCCC(O)CN(Cc1c(-c2ccccc2)nn(C)c1Oc1ccc(F)cc1)CC(C)C. The molecule has 3 aromatic rings. The van der Waals surface area contributed by atoms with Crippen LogP contribution in [0.25, 0.3) is 11.3 Å². The fourth-order valence-electron chi connectivity index (χ4n) is 4.04. The summed E-state index contributed by atoms with van der Waals surface area (Å²) in [6.07, 6.45) is 2.50. The van der Waals surface area contributed by atoms with Gasteiger partial charge in [-0.05, 0) is 36.6 Å². The van der Waals surface area contributed by atoms with Gasteiger partial charge in [0.2, 0.25) is 5.88 Å². The number of aryl methyl sites for hydroxylation is 1. The molecule has 3 rings (SSSR count). The van der Waals surface area contributed by atoms with Crippen LogP contribution < -0.4 is 4.74 Å². The molecule has 0 aliphatic rings. The van der Waals surface area contributed by atoms with Crippen LogP contribution in [0.2, 0.25) is 0 Å². The second-order valence-corrected chi connectivity index (χ2v) is 9.06. The Morgan fingerprint density at radius 3 is 2.39 bits per heavy atom. The highest BCUT2D eigenvalue weighted by Gasteiger charge is 2.23. The number of hydrogen-bond donors (Lipinski definition) is 1. The third kappa shape index (κ3) is 7.14. The van der Waals surface area contributed by atoms with Gasteiger partial charge in [0.25, 0.3) is 0 Å². The molecule has 0 amide bonds. The Hall–Kier alpha value is -2.70. The molecule has 0 aliphatic heterocycles.